The number of alkyl halides is 1. The monoisotopic (exact) mass is 242 g/mol. The van der Waals surface area contributed by atoms with Gasteiger partial charge in [0, 0.05) is 23.6 Å². The first-order chi connectivity index (χ1) is 6.27. The van der Waals surface area contributed by atoms with Crippen molar-refractivity contribution in [3.05, 3.63) is 23.5 Å². The zero-order valence-corrected chi connectivity index (χ0v) is 9.71. The Morgan fingerprint density at radius 2 is 2.38 bits per heavy atom. The van der Waals surface area contributed by atoms with Gasteiger partial charge in [0.15, 0.2) is 0 Å². The molecule has 3 heteroatoms. The first-order valence-corrected chi connectivity index (χ1v) is 5.66. The Morgan fingerprint density at radius 1 is 1.62 bits per heavy atom. The third-order valence-corrected chi connectivity index (χ3v) is 2.20. The van der Waals surface area contributed by atoms with Gasteiger partial charge in [-0.05, 0) is 13.3 Å². The van der Waals surface area contributed by atoms with E-state index in [1.165, 1.54) is 5.56 Å². The van der Waals surface area contributed by atoms with Gasteiger partial charge in [0.25, 0.3) is 0 Å². The van der Waals surface area contributed by atoms with Gasteiger partial charge in [-0.1, -0.05) is 35.0 Å². The molecule has 0 radical (unpaired) electrons. The van der Waals surface area contributed by atoms with Gasteiger partial charge < -0.3 is 0 Å². The molecule has 2 nitrogen and oxygen atoms in total. The van der Waals surface area contributed by atoms with E-state index < -0.39 is 0 Å². The van der Waals surface area contributed by atoms with E-state index in [2.05, 4.69) is 46.3 Å². The van der Waals surface area contributed by atoms with E-state index >= 15 is 0 Å². The van der Waals surface area contributed by atoms with Crippen LogP contribution in [0.5, 0.6) is 0 Å². The highest BCUT2D eigenvalue weighted by atomic mass is 79.9. The number of aromatic nitrogens is 2. The maximum atomic E-state index is 4.40. The molecule has 0 spiro atoms. The van der Waals surface area contributed by atoms with Crippen LogP contribution in [0.15, 0.2) is 12.3 Å². The van der Waals surface area contributed by atoms with Crippen LogP contribution in [-0.4, -0.2) is 15.1 Å². The van der Waals surface area contributed by atoms with Gasteiger partial charge in [-0.3, -0.25) is 4.68 Å². The van der Waals surface area contributed by atoms with E-state index in [1.807, 2.05) is 11.6 Å². The smallest absolute Gasteiger partial charge is 0.0665 e. The normalized spacial score (nSPS) is 11.3. The third-order valence-electron chi connectivity index (χ3n) is 1.82. The summed E-state index contributed by atoms with van der Waals surface area (Å²) >= 11 is 3.35. The van der Waals surface area contributed by atoms with Crippen LogP contribution in [0.3, 0.4) is 0 Å². The number of rotatable bonds is 4. The molecule has 0 atom stereocenters. The lowest BCUT2D eigenvalue weighted by atomic mass is 10.2. The Morgan fingerprint density at radius 3 is 3.00 bits per heavy atom. The van der Waals surface area contributed by atoms with Crippen molar-refractivity contribution in [1.29, 1.82) is 0 Å². The molecule has 0 aliphatic carbocycles. The summed E-state index contributed by atoms with van der Waals surface area (Å²) in [6, 6.07) is 0. The molecule has 0 aromatic carbocycles. The molecule has 0 aliphatic rings. The second-order valence-corrected chi connectivity index (χ2v) is 3.64. The second-order valence-electron chi connectivity index (χ2n) is 2.99. The van der Waals surface area contributed by atoms with Crippen molar-refractivity contribution >= 4 is 22.0 Å². The van der Waals surface area contributed by atoms with Crippen molar-refractivity contribution in [2.24, 2.45) is 0 Å². The molecule has 0 saturated carbocycles. The van der Waals surface area contributed by atoms with Crippen LogP contribution in [0.1, 0.15) is 24.6 Å². The molecular formula is C10H15BrN2. The first-order valence-electron chi connectivity index (χ1n) is 4.54. The summed E-state index contributed by atoms with van der Waals surface area (Å²) in [5.74, 6) is 0. The molecule has 13 heavy (non-hydrogen) atoms. The zero-order valence-electron chi connectivity index (χ0n) is 8.13. The molecular weight excluding hydrogens is 228 g/mol. The van der Waals surface area contributed by atoms with Gasteiger partial charge in [-0.2, -0.15) is 5.10 Å². The van der Waals surface area contributed by atoms with Gasteiger partial charge in [-0.25, -0.2) is 0 Å². The number of halogens is 1. The van der Waals surface area contributed by atoms with Crippen LogP contribution in [0, 0.1) is 6.92 Å². The Bertz CT molecular complexity index is 289. The van der Waals surface area contributed by atoms with E-state index in [4.69, 9.17) is 0 Å². The van der Waals surface area contributed by atoms with Crippen molar-refractivity contribution in [3.63, 3.8) is 0 Å². The van der Waals surface area contributed by atoms with Crippen molar-refractivity contribution in [2.75, 3.05) is 5.33 Å². The van der Waals surface area contributed by atoms with Crippen LogP contribution in [0.4, 0.5) is 0 Å². The summed E-state index contributed by atoms with van der Waals surface area (Å²) in [4.78, 5) is 0. The molecule has 0 bridgehead atoms. The van der Waals surface area contributed by atoms with Crippen LogP contribution >= 0.6 is 15.9 Å². The first kappa shape index (κ1) is 10.5. The molecule has 0 saturated heterocycles. The molecule has 1 aromatic rings. The highest BCUT2D eigenvalue weighted by Crippen LogP contribution is 2.08. The fraction of sp³-hybridized carbons (Fsp3) is 0.500. The predicted octanol–water partition coefficient (Wildman–Crippen LogP) is 3.01. The van der Waals surface area contributed by atoms with Gasteiger partial charge in [0.05, 0.1) is 5.69 Å². The fourth-order valence-corrected chi connectivity index (χ4v) is 1.40. The molecule has 72 valence electrons. The van der Waals surface area contributed by atoms with Crippen LogP contribution in [-0.2, 0) is 6.54 Å². The highest BCUT2D eigenvalue weighted by molar-refractivity contribution is 9.09. The van der Waals surface area contributed by atoms with Crippen molar-refractivity contribution < 1.29 is 0 Å². The van der Waals surface area contributed by atoms with Crippen LogP contribution < -0.4 is 0 Å². The third kappa shape index (κ3) is 2.99. The molecule has 0 fully saturated rings. The minimum Gasteiger partial charge on any atom is -0.272 e. The number of hydrogen-bond donors (Lipinski definition) is 0. The van der Waals surface area contributed by atoms with E-state index in [9.17, 15) is 0 Å². The second kappa shape index (κ2) is 5.22. The van der Waals surface area contributed by atoms with Crippen molar-refractivity contribution in [3.8, 4) is 0 Å². The maximum Gasteiger partial charge on any atom is 0.0665 e. The average molecular weight is 243 g/mol. The van der Waals surface area contributed by atoms with Gasteiger partial charge in [-0.15, -0.1) is 0 Å². The quantitative estimate of drug-likeness (QED) is 0.743. The molecule has 0 amide bonds. The summed E-state index contributed by atoms with van der Waals surface area (Å²) in [7, 11) is 0. The Labute approximate surface area is 87.8 Å². The standard InChI is InChI=1S/C10H15BrN2/c1-3-7-13-8-10(5-4-6-11)9(2)12-13/h4-5,8H,3,6-7H2,1-2H3. The summed E-state index contributed by atoms with van der Waals surface area (Å²) in [6.45, 7) is 5.20. The lowest BCUT2D eigenvalue weighted by Crippen LogP contribution is -1.96. The lowest BCUT2D eigenvalue weighted by molar-refractivity contribution is 0.598. The number of hydrogen-bond acceptors (Lipinski definition) is 1. The lowest BCUT2D eigenvalue weighted by Gasteiger charge is -1.93. The highest BCUT2D eigenvalue weighted by Gasteiger charge is 1.99. The Balaban J connectivity index is 2.77. The van der Waals surface area contributed by atoms with Crippen LogP contribution in [0.25, 0.3) is 6.08 Å². The number of nitrogens with zero attached hydrogens (tertiary/aromatic N) is 2. The number of allylic oxidation sites excluding steroid dienone is 1. The molecule has 1 rings (SSSR count). The Kier molecular flexibility index (Phi) is 4.22. The van der Waals surface area contributed by atoms with Crippen molar-refractivity contribution in [1.82, 2.24) is 9.78 Å². The van der Waals surface area contributed by atoms with Gasteiger partial charge in [0.1, 0.15) is 0 Å². The average Bonchev–Trinajstić information content (AvgIpc) is 2.44. The summed E-state index contributed by atoms with van der Waals surface area (Å²) in [6.07, 6.45) is 7.41. The fourth-order valence-electron chi connectivity index (χ4n) is 1.21. The summed E-state index contributed by atoms with van der Waals surface area (Å²) in [5.41, 5.74) is 2.32. The predicted molar refractivity (Wildman–Crippen MR) is 60.1 cm³/mol. The van der Waals surface area contributed by atoms with E-state index in [1.54, 1.807) is 0 Å². The van der Waals surface area contributed by atoms with Crippen LogP contribution in [0.2, 0.25) is 0 Å². The van der Waals surface area contributed by atoms with Crippen molar-refractivity contribution in [2.45, 2.75) is 26.8 Å². The summed E-state index contributed by atoms with van der Waals surface area (Å²) < 4.78 is 2.00. The minimum atomic E-state index is 0.894. The number of aryl methyl sites for hydroxylation is 2. The molecule has 0 unspecified atom stereocenters. The molecule has 1 aromatic heterocycles. The Hall–Kier alpha value is -0.570. The van der Waals surface area contributed by atoms with Gasteiger partial charge >= 0.3 is 0 Å². The largest absolute Gasteiger partial charge is 0.272 e. The maximum absolute atomic E-state index is 4.40. The molecule has 0 aliphatic heterocycles. The summed E-state index contributed by atoms with van der Waals surface area (Å²) in [5, 5.41) is 5.30. The van der Waals surface area contributed by atoms with E-state index in [-0.39, 0.29) is 0 Å². The molecule has 0 N–H and O–H groups in total. The van der Waals surface area contributed by atoms with Gasteiger partial charge in [0.2, 0.25) is 0 Å². The minimum absolute atomic E-state index is 0.894. The SMILES string of the molecule is CCCn1cc(C=CCBr)c(C)n1. The topological polar surface area (TPSA) is 17.8 Å². The molecule has 1 heterocycles. The van der Waals surface area contributed by atoms with E-state index in [0.29, 0.717) is 0 Å². The zero-order chi connectivity index (χ0) is 9.68. The van der Waals surface area contributed by atoms with E-state index in [0.717, 1.165) is 24.0 Å².